The lowest BCUT2D eigenvalue weighted by Gasteiger charge is -2.03. The lowest BCUT2D eigenvalue weighted by atomic mass is 10.2. The van der Waals surface area contributed by atoms with Crippen molar-refractivity contribution in [2.45, 2.75) is 40.8 Å². The Morgan fingerprint density at radius 1 is 1.29 bits per heavy atom. The normalized spacial score (nSPS) is 11.1. The highest BCUT2D eigenvalue weighted by molar-refractivity contribution is 5.25. The average molecular weight is 233 g/mol. The van der Waals surface area contributed by atoms with Crippen LogP contribution in [0.4, 0.5) is 0 Å². The third-order valence-electron chi connectivity index (χ3n) is 3.34. The zero-order valence-corrected chi connectivity index (χ0v) is 10.9. The number of nitrogens with zero attached hydrogens (tertiary/aromatic N) is 2. The summed E-state index contributed by atoms with van der Waals surface area (Å²) in [5.74, 6) is 1.76. The summed E-state index contributed by atoms with van der Waals surface area (Å²) in [5.41, 5.74) is 10.3. The molecule has 4 heteroatoms. The maximum Gasteiger partial charge on any atom is 0.118 e. The van der Waals surface area contributed by atoms with Gasteiger partial charge in [0.2, 0.25) is 0 Å². The largest absolute Gasteiger partial charge is 0.465 e. The molecule has 0 fully saturated rings. The molecule has 0 radical (unpaired) electrons. The summed E-state index contributed by atoms with van der Waals surface area (Å²) in [6.07, 6.45) is 0. The quantitative estimate of drug-likeness (QED) is 0.884. The van der Waals surface area contributed by atoms with Crippen molar-refractivity contribution in [1.82, 2.24) is 9.78 Å². The molecule has 4 nitrogen and oxygen atoms in total. The van der Waals surface area contributed by atoms with E-state index in [1.165, 1.54) is 11.3 Å². The molecule has 0 unspecified atom stereocenters. The van der Waals surface area contributed by atoms with Crippen molar-refractivity contribution in [3.63, 3.8) is 0 Å². The number of aromatic nitrogens is 2. The standard InChI is InChI=1S/C13H19N3O/c1-8-9(2)15-16(10(8)3)7-12-5-13(6-14)17-11(12)4/h5H,6-7,14H2,1-4H3. The summed E-state index contributed by atoms with van der Waals surface area (Å²) in [6, 6.07) is 2.02. The third kappa shape index (κ3) is 2.13. The van der Waals surface area contributed by atoms with E-state index in [0.717, 1.165) is 29.3 Å². The van der Waals surface area contributed by atoms with Crippen LogP contribution < -0.4 is 5.73 Å². The van der Waals surface area contributed by atoms with Crippen molar-refractivity contribution in [3.8, 4) is 0 Å². The minimum absolute atomic E-state index is 0.441. The van der Waals surface area contributed by atoms with Gasteiger partial charge >= 0.3 is 0 Å². The smallest absolute Gasteiger partial charge is 0.118 e. The molecule has 2 aromatic heterocycles. The van der Waals surface area contributed by atoms with E-state index in [2.05, 4.69) is 18.9 Å². The van der Waals surface area contributed by atoms with Crippen LogP contribution in [0.1, 0.15) is 34.0 Å². The fourth-order valence-electron chi connectivity index (χ4n) is 1.95. The molecule has 2 heterocycles. The predicted octanol–water partition coefficient (Wildman–Crippen LogP) is 2.22. The van der Waals surface area contributed by atoms with Gasteiger partial charge in [0.1, 0.15) is 11.5 Å². The third-order valence-corrected chi connectivity index (χ3v) is 3.34. The van der Waals surface area contributed by atoms with Crippen LogP contribution in [0.2, 0.25) is 0 Å². The highest BCUT2D eigenvalue weighted by Crippen LogP contribution is 2.18. The zero-order chi connectivity index (χ0) is 12.6. The van der Waals surface area contributed by atoms with E-state index in [-0.39, 0.29) is 0 Å². The van der Waals surface area contributed by atoms with E-state index in [0.29, 0.717) is 6.54 Å². The van der Waals surface area contributed by atoms with Gasteiger partial charge in [-0.3, -0.25) is 4.68 Å². The molecule has 0 amide bonds. The van der Waals surface area contributed by atoms with E-state index in [1.54, 1.807) is 0 Å². The molecule has 2 rings (SSSR count). The average Bonchev–Trinajstić information content (AvgIpc) is 2.77. The summed E-state index contributed by atoms with van der Waals surface area (Å²) in [6.45, 7) is 9.38. The number of rotatable bonds is 3. The first-order chi connectivity index (χ1) is 8.02. The fraction of sp³-hybridized carbons (Fsp3) is 0.462. The summed E-state index contributed by atoms with van der Waals surface area (Å²) < 4.78 is 7.56. The predicted molar refractivity (Wildman–Crippen MR) is 66.9 cm³/mol. The van der Waals surface area contributed by atoms with Crippen LogP contribution in [0, 0.1) is 27.7 Å². The minimum atomic E-state index is 0.441. The maximum atomic E-state index is 5.57. The van der Waals surface area contributed by atoms with Gasteiger partial charge in [0.25, 0.3) is 0 Å². The van der Waals surface area contributed by atoms with Crippen LogP contribution in [-0.4, -0.2) is 9.78 Å². The Morgan fingerprint density at radius 2 is 2.00 bits per heavy atom. The summed E-state index contributed by atoms with van der Waals surface area (Å²) in [5, 5.41) is 4.52. The Labute approximate surface area is 101 Å². The molecule has 17 heavy (non-hydrogen) atoms. The van der Waals surface area contributed by atoms with E-state index >= 15 is 0 Å². The lowest BCUT2D eigenvalue weighted by molar-refractivity contribution is 0.480. The topological polar surface area (TPSA) is 57.0 Å². The molecule has 0 aliphatic rings. The molecular formula is C13H19N3O. The van der Waals surface area contributed by atoms with Gasteiger partial charge in [0.05, 0.1) is 18.8 Å². The molecule has 0 bridgehead atoms. The number of hydrogen-bond acceptors (Lipinski definition) is 3. The first-order valence-electron chi connectivity index (χ1n) is 5.81. The first-order valence-corrected chi connectivity index (χ1v) is 5.81. The van der Waals surface area contributed by atoms with Gasteiger partial charge in [-0.05, 0) is 39.3 Å². The summed E-state index contributed by atoms with van der Waals surface area (Å²) >= 11 is 0. The molecular weight excluding hydrogens is 214 g/mol. The first kappa shape index (κ1) is 11.9. The van der Waals surface area contributed by atoms with Crippen LogP contribution >= 0.6 is 0 Å². The molecule has 2 N–H and O–H groups in total. The molecule has 0 saturated carbocycles. The Bertz CT molecular complexity index is 537. The van der Waals surface area contributed by atoms with Gasteiger partial charge in [-0.2, -0.15) is 5.10 Å². The Hall–Kier alpha value is -1.55. The van der Waals surface area contributed by atoms with Crippen molar-refractivity contribution >= 4 is 0 Å². The van der Waals surface area contributed by atoms with Crippen LogP contribution in [0.15, 0.2) is 10.5 Å². The van der Waals surface area contributed by atoms with Gasteiger partial charge in [0.15, 0.2) is 0 Å². The summed E-state index contributed by atoms with van der Waals surface area (Å²) in [7, 11) is 0. The van der Waals surface area contributed by atoms with Gasteiger partial charge in [0, 0.05) is 11.3 Å². The van der Waals surface area contributed by atoms with Crippen molar-refractivity contribution in [3.05, 3.63) is 40.1 Å². The molecule has 2 aromatic rings. The molecule has 92 valence electrons. The Kier molecular flexibility index (Phi) is 3.07. The molecule has 0 aromatic carbocycles. The lowest BCUT2D eigenvalue weighted by Crippen LogP contribution is -2.04. The van der Waals surface area contributed by atoms with E-state index in [4.69, 9.17) is 10.2 Å². The van der Waals surface area contributed by atoms with Crippen molar-refractivity contribution in [2.75, 3.05) is 0 Å². The minimum Gasteiger partial charge on any atom is -0.465 e. The highest BCUT2D eigenvalue weighted by atomic mass is 16.3. The number of furan rings is 1. The summed E-state index contributed by atoms with van der Waals surface area (Å²) in [4.78, 5) is 0. The second-order valence-electron chi connectivity index (χ2n) is 4.45. The highest BCUT2D eigenvalue weighted by Gasteiger charge is 2.11. The molecule has 0 aliphatic heterocycles. The second kappa shape index (κ2) is 4.37. The molecule has 0 spiro atoms. The fourth-order valence-corrected chi connectivity index (χ4v) is 1.95. The zero-order valence-electron chi connectivity index (χ0n) is 10.9. The van der Waals surface area contributed by atoms with E-state index < -0.39 is 0 Å². The van der Waals surface area contributed by atoms with E-state index in [9.17, 15) is 0 Å². The van der Waals surface area contributed by atoms with Crippen molar-refractivity contribution < 1.29 is 4.42 Å². The molecule has 0 atom stereocenters. The SMILES string of the molecule is Cc1nn(Cc2cc(CN)oc2C)c(C)c1C. The monoisotopic (exact) mass is 233 g/mol. The van der Waals surface area contributed by atoms with Crippen LogP contribution in [-0.2, 0) is 13.1 Å². The second-order valence-corrected chi connectivity index (χ2v) is 4.45. The molecule has 0 aliphatic carbocycles. The Balaban J connectivity index is 2.31. The van der Waals surface area contributed by atoms with Crippen molar-refractivity contribution in [1.29, 1.82) is 0 Å². The maximum absolute atomic E-state index is 5.57. The van der Waals surface area contributed by atoms with Crippen LogP contribution in [0.5, 0.6) is 0 Å². The van der Waals surface area contributed by atoms with Gasteiger partial charge < -0.3 is 10.2 Å². The van der Waals surface area contributed by atoms with Crippen LogP contribution in [0.25, 0.3) is 0 Å². The van der Waals surface area contributed by atoms with Gasteiger partial charge in [-0.1, -0.05) is 0 Å². The van der Waals surface area contributed by atoms with Crippen molar-refractivity contribution in [2.24, 2.45) is 5.73 Å². The van der Waals surface area contributed by atoms with Gasteiger partial charge in [-0.25, -0.2) is 0 Å². The van der Waals surface area contributed by atoms with E-state index in [1.807, 2.05) is 24.6 Å². The van der Waals surface area contributed by atoms with Crippen LogP contribution in [0.3, 0.4) is 0 Å². The molecule has 0 saturated heterocycles. The number of aryl methyl sites for hydroxylation is 2. The Morgan fingerprint density at radius 3 is 2.47 bits per heavy atom. The van der Waals surface area contributed by atoms with Gasteiger partial charge in [-0.15, -0.1) is 0 Å². The number of nitrogens with two attached hydrogens (primary N) is 1. The number of hydrogen-bond donors (Lipinski definition) is 1.